The lowest BCUT2D eigenvalue weighted by atomic mass is 10.1. The van der Waals surface area contributed by atoms with E-state index in [0.717, 1.165) is 17.1 Å². The highest BCUT2D eigenvalue weighted by Gasteiger charge is 2.19. The number of hydrogen-bond acceptors (Lipinski definition) is 7. The van der Waals surface area contributed by atoms with Gasteiger partial charge in [-0.05, 0) is 56.3 Å². The van der Waals surface area contributed by atoms with Gasteiger partial charge in [-0.1, -0.05) is 0 Å². The molecule has 1 aromatic heterocycles. The van der Waals surface area contributed by atoms with Gasteiger partial charge in [0.15, 0.2) is 0 Å². The van der Waals surface area contributed by atoms with Gasteiger partial charge in [-0.3, -0.25) is 14.9 Å². The first-order chi connectivity index (χ1) is 14.2. The molecule has 0 bridgehead atoms. The van der Waals surface area contributed by atoms with E-state index >= 15 is 0 Å². The van der Waals surface area contributed by atoms with Crippen LogP contribution in [0.2, 0.25) is 0 Å². The molecule has 0 aliphatic rings. The van der Waals surface area contributed by atoms with E-state index in [-0.39, 0.29) is 11.3 Å². The summed E-state index contributed by atoms with van der Waals surface area (Å²) < 4.78 is 0. The summed E-state index contributed by atoms with van der Waals surface area (Å²) in [6.07, 6.45) is 0. The van der Waals surface area contributed by atoms with Gasteiger partial charge in [-0.15, -0.1) is 0 Å². The Kier molecular flexibility index (Phi) is 5.91. The average Bonchev–Trinajstić information content (AvgIpc) is 2.68. The quantitative estimate of drug-likeness (QED) is 0.469. The third-order valence-corrected chi connectivity index (χ3v) is 4.30. The van der Waals surface area contributed by atoms with Crippen molar-refractivity contribution < 1.29 is 9.72 Å². The van der Waals surface area contributed by atoms with Crippen molar-refractivity contribution in [2.75, 3.05) is 29.6 Å². The van der Waals surface area contributed by atoms with E-state index in [4.69, 9.17) is 0 Å². The van der Waals surface area contributed by atoms with Crippen molar-refractivity contribution >= 4 is 34.6 Å². The Labute approximate surface area is 173 Å². The first kappa shape index (κ1) is 20.7. The van der Waals surface area contributed by atoms with Crippen LogP contribution in [-0.2, 0) is 0 Å². The lowest BCUT2D eigenvalue weighted by molar-refractivity contribution is -0.384. The van der Waals surface area contributed by atoms with Crippen molar-refractivity contribution in [2.24, 2.45) is 0 Å². The summed E-state index contributed by atoms with van der Waals surface area (Å²) >= 11 is 0. The summed E-state index contributed by atoms with van der Waals surface area (Å²) in [5.41, 5.74) is 3.57. The van der Waals surface area contributed by atoms with E-state index < -0.39 is 10.8 Å². The average molecular weight is 406 g/mol. The van der Waals surface area contributed by atoms with Crippen molar-refractivity contribution in [3.8, 4) is 0 Å². The number of nitrogens with zero attached hydrogens (tertiary/aromatic N) is 4. The summed E-state index contributed by atoms with van der Waals surface area (Å²) in [5.74, 6) is 0.0688. The maximum Gasteiger partial charge on any atom is 0.293 e. The van der Waals surface area contributed by atoms with Crippen LogP contribution in [0, 0.1) is 24.0 Å². The van der Waals surface area contributed by atoms with Gasteiger partial charge >= 0.3 is 0 Å². The first-order valence-electron chi connectivity index (χ1n) is 9.19. The molecule has 3 rings (SSSR count). The standard InChI is InChI=1S/C21H22N6O3/c1-13-11-14(2)23-21(22-13)25-17-8-6-16(7-9-17)24-20(28)15-5-10-18(26(3)4)19(12-15)27(29)30/h5-12H,1-4H3,(H,24,28)(H,22,23,25). The number of rotatable bonds is 6. The van der Waals surface area contributed by atoms with Gasteiger partial charge in [0, 0.05) is 48.5 Å². The fourth-order valence-corrected chi connectivity index (χ4v) is 2.94. The van der Waals surface area contributed by atoms with E-state index in [2.05, 4.69) is 20.6 Å². The van der Waals surface area contributed by atoms with E-state index in [1.807, 2.05) is 19.9 Å². The molecule has 1 amide bonds. The van der Waals surface area contributed by atoms with Crippen LogP contribution in [0.4, 0.5) is 28.7 Å². The van der Waals surface area contributed by atoms with E-state index in [1.165, 1.54) is 6.07 Å². The van der Waals surface area contributed by atoms with Crippen molar-refractivity contribution in [1.82, 2.24) is 9.97 Å². The SMILES string of the molecule is Cc1cc(C)nc(Nc2ccc(NC(=O)c3ccc(N(C)C)c([N+](=O)[O-])c3)cc2)n1. The number of carbonyl (C=O) groups is 1. The van der Waals surface area contributed by atoms with Gasteiger partial charge < -0.3 is 15.5 Å². The first-order valence-corrected chi connectivity index (χ1v) is 9.19. The molecule has 0 spiro atoms. The lowest BCUT2D eigenvalue weighted by Gasteiger charge is -2.13. The molecule has 0 saturated carbocycles. The molecule has 9 heteroatoms. The molecule has 0 aliphatic carbocycles. The molecule has 0 atom stereocenters. The minimum absolute atomic E-state index is 0.124. The molecule has 2 aromatic carbocycles. The highest BCUT2D eigenvalue weighted by molar-refractivity contribution is 6.05. The van der Waals surface area contributed by atoms with Crippen molar-refractivity contribution in [2.45, 2.75) is 13.8 Å². The fraction of sp³-hybridized carbons (Fsp3) is 0.190. The predicted octanol–water partition coefficient (Wildman–Crippen LogP) is 4.06. The summed E-state index contributed by atoms with van der Waals surface area (Å²) in [5, 5.41) is 17.2. The molecule has 0 aliphatic heterocycles. The normalized spacial score (nSPS) is 10.4. The van der Waals surface area contributed by atoms with E-state index in [0.29, 0.717) is 17.3 Å². The predicted molar refractivity (Wildman–Crippen MR) is 117 cm³/mol. The molecule has 0 fully saturated rings. The molecule has 1 heterocycles. The minimum Gasteiger partial charge on any atom is -0.372 e. The van der Waals surface area contributed by atoms with E-state index in [1.54, 1.807) is 55.4 Å². The van der Waals surface area contributed by atoms with E-state index in [9.17, 15) is 14.9 Å². The maximum atomic E-state index is 12.5. The number of hydrogen-bond donors (Lipinski definition) is 2. The number of aryl methyl sites for hydroxylation is 2. The number of aromatic nitrogens is 2. The second kappa shape index (κ2) is 8.56. The number of anilines is 4. The number of nitro benzene ring substituents is 1. The molecule has 0 saturated heterocycles. The van der Waals surface area contributed by atoms with Crippen molar-refractivity contribution in [3.63, 3.8) is 0 Å². The molecule has 154 valence electrons. The molecular weight excluding hydrogens is 384 g/mol. The third kappa shape index (κ3) is 4.88. The molecule has 3 aromatic rings. The Balaban J connectivity index is 1.73. The van der Waals surface area contributed by atoms with Crippen LogP contribution in [0.5, 0.6) is 0 Å². The molecule has 2 N–H and O–H groups in total. The number of nitrogens with one attached hydrogen (secondary N) is 2. The second-order valence-electron chi connectivity index (χ2n) is 6.99. The van der Waals surface area contributed by atoms with Gasteiger partial charge in [0.05, 0.1) is 4.92 Å². The number of benzene rings is 2. The van der Waals surface area contributed by atoms with Gasteiger partial charge in [0.2, 0.25) is 5.95 Å². The smallest absolute Gasteiger partial charge is 0.293 e. The summed E-state index contributed by atoms with van der Waals surface area (Å²) in [6, 6.07) is 13.3. The highest BCUT2D eigenvalue weighted by atomic mass is 16.6. The molecule has 30 heavy (non-hydrogen) atoms. The second-order valence-corrected chi connectivity index (χ2v) is 6.99. The monoisotopic (exact) mass is 406 g/mol. The lowest BCUT2D eigenvalue weighted by Crippen LogP contribution is -2.15. The van der Waals surface area contributed by atoms with Gasteiger partial charge in [-0.2, -0.15) is 0 Å². The van der Waals surface area contributed by atoms with Crippen LogP contribution in [0.25, 0.3) is 0 Å². The van der Waals surface area contributed by atoms with Crippen LogP contribution >= 0.6 is 0 Å². The topological polar surface area (TPSA) is 113 Å². The zero-order valence-electron chi connectivity index (χ0n) is 17.1. The fourth-order valence-electron chi connectivity index (χ4n) is 2.94. The summed E-state index contributed by atoms with van der Waals surface area (Å²) in [4.78, 5) is 33.7. The Hall–Kier alpha value is -4.01. The Morgan fingerprint density at radius 1 is 0.967 bits per heavy atom. The Morgan fingerprint density at radius 2 is 1.57 bits per heavy atom. The largest absolute Gasteiger partial charge is 0.372 e. The zero-order valence-corrected chi connectivity index (χ0v) is 17.1. The minimum atomic E-state index is -0.498. The summed E-state index contributed by atoms with van der Waals surface area (Å²) in [6.45, 7) is 3.79. The van der Waals surface area contributed by atoms with Crippen LogP contribution in [-0.4, -0.2) is 34.9 Å². The molecule has 0 radical (unpaired) electrons. The summed E-state index contributed by atoms with van der Waals surface area (Å²) in [7, 11) is 3.42. The van der Waals surface area contributed by atoms with Gasteiger partial charge in [0.1, 0.15) is 5.69 Å². The Bertz CT molecular complexity index is 1080. The zero-order chi connectivity index (χ0) is 21.8. The van der Waals surface area contributed by atoms with Crippen LogP contribution in [0.1, 0.15) is 21.7 Å². The highest BCUT2D eigenvalue weighted by Crippen LogP contribution is 2.28. The van der Waals surface area contributed by atoms with Gasteiger partial charge in [-0.25, -0.2) is 9.97 Å². The molecular formula is C21H22N6O3. The van der Waals surface area contributed by atoms with Crippen LogP contribution < -0.4 is 15.5 Å². The Morgan fingerprint density at radius 3 is 2.13 bits per heavy atom. The molecule has 0 unspecified atom stereocenters. The number of nitro groups is 1. The molecule has 9 nitrogen and oxygen atoms in total. The van der Waals surface area contributed by atoms with Crippen molar-refractivity contribution in [1.29, 1.82) is 0 Å². The number of amides is 1. The number of carbonyl (C=O) groups excluding carboxylic acids is 1. The van der Waals surface area contributed by atoms with Gasteiger partial charge in [0.25, 0.3) is 11.6 Å². The maximum absolute atomic E-state index is 12.5. The van der Waals surface area contributed by atoms with Crippen LogP contribution in [0.3, 0.4) is 0 Å². The van der Waals surface area contributed by atoms with Crippen molar-refractivity contribution in [3.05, 3.63) is 75.6 Å². The third-order valence-electron chi connectivity index (χ3n) is 4.30. The van der Waals surface area contributed by atoms with Crippen LogP contribution in [0.15, 0.2) is 48.5 Å².